The van der Waals surface area contributed by atoms with Gasteiger partial charge in [0.15, 0.2) is 0 Å². The van der Waals surface area contributed by atoms with Crippen LogP contribution in [0.4, 0.5) is 5.69 Å². The van der Waals surface area contributed by atoms with Crippen LogP contribution in [0.1, 0.15) is 24.3 Å². The second kappa shape index (κ2) is 5.94. The third kappa shape index (κ3) is 2.88. The summed E-state index contributed by atoms with van der Waals surface area (Å²) < 4.78 is 5.96. The van der Waals surface area contributed by atoms with Crippen LogP contribution in [0.2, 0.25) is 0 Å². The van der Waals surface area contributed by atoms with Crippen molar-refractivity contribution in [2.24, 2.45) is 0 Å². The molecule has 0 aliphatic carbocycles. The minimum Gasteiger partial charge on any atom is -0.370 e. The normalized spacial score (nSPS) is 21.8. The molecule has 1 aromatic heterocycles. The van der Waals surface area contributed by atoms with Gasteiger partial charge in [-0.25, -0.2) is 4.98 Å². The Bertz CT molecular complexity index is 633. The summed E-state index contributed by atoms with van der Waals surface area (Å²) in [5.41, 5.74) is 2.67. The van der Waals surface area contributed by atoms with Gasteiger partial charge in [-0.05, 0) is 24.6 Å². The van der Waals surface area contributed by atoms with E-state index in [1.54, 1.807) is 12.3 Å². The second-order valence-electron chi connectivity index (χ2n) is 5.25. The van der Waals surface area contributed by atoms with Crippen molar-refractivity contribution in [1.82, 2.24) is 4.98 Å². The highest BCUT2D eigenvalue weighted by Crippen LogP contribution is 2.28. The Morgan fingerprint density at radius 2 is 2.05 bits per heavy atom. The monoisotopic (exact) mass is 279 g/mol. The molecule has 1 saturated heterocycles. The van der Waals surface area contributed by atoms with Gasteiger partial charge in [-0.3, -0.25) is 0 Å². The van der Waals surface area contributed by atoms with Gasteiger partial charge in [0, 0.05) is 12.6 Å². The van der Waals surface area contributed by atoms with E-state index in [2.05, 4.69) is 28.9 Å². The number of pyridine rings is 1. The highest BCUT2D eigenvalue weighted by atomic mass is 16.5. The molecule has 1 fully saturated rings. The average Bonchev–Trinajstić information content (AvgIpc) is 2.56. The number of ether oxygens (including phenoxy) is 1. The van der Waals surface area contributed by atoms with Gasteiger partial charge in [-0.2, -0.15) is 5.26 Å². The molecule has 2 unspecified atom stereocenters. The van der Waals surface area contributed by atoms with Crippen molar-refractivity contribution < 1.29 is 4.74 Å². The minimum atomic E-state index is 0.0676. The molecule has 3 rings (SSSR count). The number of rotatable bonds is 2. The molecule has 0 bridgehead atoms. The molecule has 0 N–H and O–H groups in total. The minimum absolute atomic E-state index is 0.0676. The van der Waals surface area contributed by atoms with Gasteiger partial charge in [0.05, 0.1) is 18.5 Å². The second-order valence-corrected chi connectivity index (χ2v) is 5.25. The van der Waals surface area contributed by atoms with E-state index in [-0.39, 0.29) is 6.10 Å². The quantitative estimate of drug-likeness (QED) is 0.848. The SMILES string of the molecule is CC1COC(c2ccccc2)CN1c1ccc(C#N)nc1. The maximum atomic E-state index is 8.84. The number of benzene rings is 1. The topological polar surface area (TPSA) is 49.1 Å². The van der Waals surface area contributed by atoms with Crippen LogP contribution in [0.5, 0.6) is 0 Å². The van der Waals surface area contributed by atoms with Crippen molar-refractivity contribution in [2.45, 2.75) is 19.1 Å². The zero-order chi connectivity index (χ0) is 14.7. The first-order valence-corrected chi connectivity index (χ1v) is 7.07. The van der Waals surface area contributed by atoms with Crippen LogP contribution in [0.3, 0.4) is 0 Å². The Hall–Kier alpha value is -2.38. The van der Waals surface area contributed by atoms with Crippen molar-refractivity contribution in [3.8, 4) is 6.07 Å². The Balaban J connectivity index is 1.82. The number of nitriles is 1. The van der Waals surface area contributed by atoms with Crippen LogP contribution in [-0.4, -0.2) is 24.2 Å². The highest BCUT2D eigenvalue weighted by molar-refractivity contribution is 5.47. The lowest BCUT2D eigenvalue weighted by Gasteiger charge is -2.39. The Morgan fingerprint density at radius 1 is 1.24 bits per heavy atom. The van der Waals surface area contributed by atoms with Gasteiger partial charge in [0.2, 0.25) is 0 Å². The zero-order valence-corrected chi connectivity index (χ0v) is 11.9. The smallest absolute Gasteiger partial charge is 0.140 e. The van der Waals surface area contributed by atoms with E-state index in [0.29, 0.717) is 18.3 Å². The fourth-order valence-electron chi connectivity index (χ4n) is 2.61. The fraction of sp³-hybridized carbons (Fsp3) is 0.294. The molecular formula is C17H17N3O. The molecule has 0 spiro atoms. The summed E-state index contributed by atoms with van der Waals surface area (Å²) in [5, 5.41) is 8.84. The van der Waals surface area contributed by atoms with Crippen LogP contribution in [0, 0.1) is 11.3 Å². The highest BCUT2D eigenvalue weighted by Gasteiger charge is 2.27. The first kappa shape index (κ1) is 13.6. The van der Waals surface area contributed by atoms with Crippen LogP contribution in [0.15, 0.2) is 48.7 Å². The number of anilines is 1. The molecule has 2 heterocycles. The van der Waals surface area contributed by atoms with Gasteiger partial charge in [-0.1, -0.05) is 30.3 Å². The number of aromatic nitrogens is 1. The predicted octanol–water partition coefficient (Wildman–Crippen LogP) is 2.92. The zero-order valence-electron chi connectivity index (χ0n) is 11.9. The molecule has 0 amide bonds. The number of hydrogen-bond donors (Lipinski definition) is 0. The average molecular weight is 279 g/mol. The third-order valence-corrected chi connectivity index (χ3v) is 3.80. The third-order valence-electron chi connectivity index (χ3n) is 3.80. The Kier molecular flexibility index (Phi) is 3.85. The Morgan fingerprint density at radius 3 is 2.71 bits per heavy atom. The molecule has 2 atom stereocenters. The standard InChI is InChI=1S/C17H17N3O/c1-13-12-21-17(14-5-3-2-4-6-14)11-20(13)16-8-7-15(9-18)19-10-16/h2-8,10,13,17H,11-12H2,1H3. The van der Waals surface area contributed by atoms with Gasteiger partial charge in [0.1, 0.15) is 17.9 Å². The van der Waals surface area contributed by atoms with Crippen LogP contribution in [0.25, 0.3) is 0 Å². The lowest BCUT2D eigenvalue weighted by molar-refractivity contribution is 0.0215. The van der Waals surface area contributed by atoms with E-state index >= 15 is 0 Å². The summed E-state index contributed by atoms with van der Waals surface area (Å²) >= 11 is 0. The first-order chi connectivity index (χ1) is 10.3. The van der Waals surface area contributed by atoms with E-state index in [9.17, 15) is 0 Å². The van der Waals surface area contributed by atoms with Crippen molar-refractivity contribution in [2.75, 3.05) is 18.1 Å². The van der Waals surface area contributed by atoms with Gasteiger partial charge in [-0.15, -0.1) is 0 Å². The summed E-state index contributed by atoms with van der Waals surface area (Å²) in [6.07, 6.45) is 1.83. The van der Waals surface area contributed by atoms with Crippen molar-refractivity contribution in [1.29, 1.82) is 5.26 Å². The van der Waals surface area contributed by atoms with Gasteiger partial charge < -0.3 is 9.64 Å². The van der Waals surface area contributed by atoms with E-state index in [4.69, 9.17) is 10.00 Å². The molecule has 1 aliphatic heterocycles. The van der Waals surface area contributed by atoms with Crippen molar-refractivity contribution in [3.05, 3.63) is 59.9 Å². The van der Waals surface area contributed by atoms with Gasteiger partial charge in [0.25, 0.3) is 0 Å². The van der Waals surface area contributed by atoms with Crippen LogP contribution >= 0.6 is 0 Å². The largest absolute Gasteiger partial charge is 0.370 e. The molecule has 106 valence electrons. The van der Waals surface area contributed by atoms with E-state index in [1.165, 1.54) is 5.56 Å². The van der Waals surface area contributed by atoms with E-state index < -0.39 is 0 Å². The van der Waals surface area contributed by atoms with E-state index in [1.807, 2.05) is 30.3 Å². The van der Waals surface area contributed by atoms with E-state index in [0.717, 1.165) is 12.2 Å². The predicted molar refractivity (Wildman–Crippen MR) is 80.9 cm³/mol. The van der Waals surface area contributed by atoms with Crippen LogP contribution in [-0.2, 0) is 4.74 Å². The molecular weight excluding hydrogens is 262 g/mol. The molecule has 1 aromatic carbocycles. The maximum absolute atomic E-state index is 8.84. The Labute approximate surface area is 124 Å². The van der Waals surface area contributed by atoms with Crippen molar-refractivity contribution >= 4 is 5.69 Å². The summed E-state index contributed by atoms with van der Waals surface area (Å²) in [7, 11) is 0. The fourth-order valence-corrected chi connectivity index (χ4v) is 2.61. The maximum Gasteiger partial charge on any atom is 0.140 e. The molecule has 2 aromatic rings. The first-order valence-electron chi connectivity index (χ1n) is 7.07. The molecule has 0 saturated carbocycles. The number of morpholine rings is 1. The summed E-state index contributed by atoms with van der Waals surface area (Å²) in [6, 6.07) is 16.3. The number of nitrogens with zero attached hydrogens (tertiary/aromatic N) is 3. The summed E-state index contributed by atoms with van der Waals surface area (Å²) in [5.74, 6) is 0. The number of hydrogen-bond acceptors (Lipinski definition) is 4. The lowest BCUT2D eigenvalue weighted by Crippen LogP contribution is -2.45. The molecule has 1 aliphatic rings. The summed E-state index contributed by atoms with van der Waals surface area (Å²) in [6.45, 7) is 3.61. The summed E-state index contributed by atoms with van der Waals surface area (Å²) in [4.78, 5) is 6.45. The van der Waals surface area contributed by atoms with Crippen molar-refractivity contribution in [3.63, 3.8) is 0 Å². The molecule has 21 heavy (non-hydrogen) atoms. The van der Waals surface area contributed by atoms with Gasteiger partial charge >= 0.3 is 0 Å². The van der Waals surface area contributed by atoms with Crippen LogP contribution < -0.4 is 4.90 Å². The molecule has 0 radical (unpaired) electrons. The molecule has 4 heteroatoms. The molecule has 4 nitrogen and oxygen atoms in total. The lowest BCUT2D eigenvalue weighted by atomic mass is 10.1.